The van der Waals surface area contributed by atoms with Gasteiger partial charge in [-0.25, -0.2) is 4.79 Å². The van der Waals surface area contributed by atoms with Gasteiger partial charge in [-0.2, -0.15) is 0 Å². The van der Waals surface area contributed by atoms with Gasteiger partial charge >= 0.3 is 5.97 Å². The summed E-state index contributed by atoms with van der Waals surface area (Å²) < 4.78 is 5.81. The van der Waals surface area contributed by atoms with Crippen LogP contribution in [0.25, 0.3) is 0 Å². The van der Waals surface area contributed by atoms with Gasteiger partial charge in [0.15, 0.2) is 6.10 Å². The second-order valence-corrected chi connectivity index (χ2v) is 5.66. The molecule has 0 saturated carbocycles. The van der Waals surface area contributed by atoms with E-state index in [0.717, 1.165) is 8.79 Å². The smallest absolute Gasteiger partial charge is 0.334 e. The monoisotopic (exact) mass is 305 g/mol. The van der Waals surface area contributed by atoms with Crippen molar-refractivity contribution in [2.75, 3.05) is 18.1 Å². The number of halogens is 1. The van der Waals surface area contributed by atoms with Gasteiger partial charge < -0.3 is 9.84 Å². The van der Waals surface area contributed by atoms with Crippen molar-refractivity contribution < 1.29 is 19.4 Å². The van der Waals surface area contributed by atoms with Crippen LogP contribution in [0.2, 0.25) is 0 Å². The minimum absolute atomic E-state index is 0.0567. The van der Waals surface area contributed by atoms with Crippen molar-refractivity contribution in [1.82, 2.24) is 0 Å². The zero-order valence-electron chi connectivity index (χ0n) is 8.05. The minimum Gasteiger partial charge on any atom is -0.479 e. The van der Waals surface area contributed by atoms with E-state index in [4.69, 9.17) is 9.84 Å². The van der Waals surface area contributed by atoms with Crippen LogP contribution < -0.4 is 4.90 Å². The molecule has 16 heavy (non-hydrogen) atoms. The number of carboxylic acid groups (broad SMARTS) is 1. The Balaban J connectivity index is 2.19. The molecule has 1 aromatic rings. The van der Waals surface area contributed by atoms with Crippen LogP contribution in [0.5, 0.6) is 0 Å². The van der Waals surface area contributed by atoms with Crippen molar-refractivity contribution in [1.29, 1.82) is 0 Å². The lowest BCUT2D eigenvalue weighted by Gasteiger charge is -2.29. The Morgan fingerprint density at radius 3 is 2.94 bits per heavy atom. The Morgan fingerprint density at radius 1 is 1.62 bits per heavy atom. The Kier molecular flexibility index (Phi) is 3.27. The summed E-state index contributed by atoms with van der Waals surface area (Å²) >= 11 is 4.68. The summed E-state index contributed by atoms with van der Waals surface area (Å²) in [7, 11) is 0. The highest BCUT2D eigenvalue weighted by molar-refractivity contribution is 9.11. The third-order valence-electron chi connectivity index (χ3n) is 2.16. The molecule has 1 atom stereocenters. The maximum absolute atomic E-state index is 11.6. The number of nitrogens with zero attached hydrogens (tertiary/aromatic N) is 1. The fraction of sp³-hybridized carbons (Fsp3) is 0.333. The fourth-order valence-electron chi connectivity index (χ4n) is 1.38. The van der Waals surface area contributed by atoms with Crippen molar-refractivity contribution in [2.45, 2.75) is 6.10 Å². The van der Waals surface area contributed by atoms with Crippen molar-refractivity contribution in [3.63, 3.8) is 0 Å². The van der Waals surface area contributed by atoms with E-state index in [2.05, 4.69) is 15.9 Å². The molecule has 1 aliphatic heterocycles. The maximum Gasteiger partial charge on any atom is 0.334 e. The van der Waals surface area contributed by atoms with Crippen LogP contribution in [0, 0.1) is 0 Å². The van der Waals surface area contributed by atoms with Crippen LogP contribution in [-0.4, -0.2) is 36.2 Å². The van der Waals surface area contributed by atoms with Gasteiger partial charge in [-0.3, -0.25) is 9.69 Å². The second-order valence-electron chi connectivity index (χ2n) is 3.22. The third kappa shape index (κ3) is 2.26. The highest BCUT2D eigenvalue weighted by Crippen LogP contribution is 2.31. The molecule has 2 rings (SSSR count). The number of anilines is 1. The normalized spacial score (nSPS) is 21.2. The van der Waals surface area contributed by atoms with Gasteiger partial charge in [0.1, 0.15) is 6.61 Å². The summed E-state index contributed by atoms with van der Waals surface area (Å²) in [6.07, 6.45) is -0.946. The van der Waals surface area contributed by atoms with Gasteiger partial charge in [0.2, 0.25) is 0 Å². The van der Waals surface area contributed by atoms with E-state index in [-0.39, 0.29) is 19.1 Å². The lowest BCUT2D eigenvalue weighted by molar-refractivity contribution is -0.154. The van der Waals surface area contributed by atoms with E-state index in [1.165, 1.54) is 16.2 Å². The molecule has 0 aliphatic carbocycles. The van der Waals surface area contributed by atoms with Crippen LogP contribution in [0.4, 0.5) is 5.00 Å². The van der Waals surface area contributed by atoms with Crippen LogP contribution in [0.3, 0.4) is 0 Å². The molecule has 0 radical (unpaired) electrons. The van der Waals surface area contributed by atoms with E-state index in [1.54, 1.807) is 6.07 Å². The number of hydrogen-bond acceptors (Lipinski definition) is 4. The lowest BCUT2D eigenvalue weighted by Crippen LogP contribution is -2.49. The Bertz CT molecular complexity index is 433. The predicted octanol–water partition coefficient (Wildman–Crippen LogP) is 1.33. The SMILES string of the molecule is O=C(O)C1CN(c2ccc(Br)s2)C(=O)CO1. The molecule has 0 spiro atoms. The molecule has 0 bridgehead atoms. The predicted molar refractivity (Wildman–Crippen MR) is 61.7 cm³/mol. The number of aliphatic carboxylic acids is 1. The van der Waals surface area contributed by atoms with E-state index < -0.39 is 12.1 Å². The van der Waals surface area contributed by atoms with Crippen molar-refractivity contribution in [3.05, 3.63) is 15.9 Å². The first-order valence-electron chi connectivity index (χ1n) is 4.48. The van der Waals surface area contributed by atoms with Crippen LogP contribution in [0.15, 0.2) is 15.9 Å². The van der Waals surface area contributed by atoms with Gasteiger partial charge in [-0.1, -0.05) is 0 Å². The number of amides is 1. The zero-order chi connectivity index (χ0) is 11.7. The summed E-state index contributed by atoms with van der Waals surface area (Å²) in [4.78, 5) is 23.8. The Labute approximate surface area is 104 Å². The van der Waals surface area contributed by atoms with Gasteiger partial charge in [-0.05, 0) is 28.1 Å². The Morgan fingerprint density at radius 2 is 2.38 bits per heavy atom. The molecule has 1 fully saturated rings. The molecule has 1 N–H and O–H groups in total. The molecule has 1 unspecified atom stereocenters. The quantitative estimate of drug-likeness (QED) is 0.895. The average Bonchev–Trinajstić information content (AvgIpc) is 2.65. The number of thiophene rings is 1. The van der Waals surface area contributed by atoms with Gasteiger partial charge in [-0.15, -0.1) is 11.3 Å². The minimum atomic E-state index is -1.05. The molecule has 2 heterocycles. The summed E-state index contributed by atoms with van der Waals surface area (Å²) in [6, 6.07) is 3.59. The summed E-state index contributed by atoms with van der Waals surface area (Å²) in [6.45, 7) is -0.131. The number of ether oxygens (including phenoxy) is 1. The second kappa shape index (κ2) is 4.52. The van der Waals surface area contributed by atoms with Crippen LogP contribution in [0.1, 0.15) is 0 Å². The standard InChI is InChI=1S/C9H8BrNO4S/c10-6-1-2-8(16-6)11-3-5(9(13)14)15-4-7(11)12/h1-2,5H,3-4H2,(H,13,14). The maximum atomic E-state index is 11.6. The highest BCUT2D eigenvalue weighted by atomic mass is 79.9. The number of carbonyl (C=O) groups is 2. The van der Waals surface area contributed by atoms with E-state index in [0.29, 0.717) is 0 Å². The molecule has 0 aromatic carbocycles. The van der Waals surface area contributed by atoms with Gasteiger partial charge in [0.05, 0.1) is 15.3 Å². The van der Waals surface area contributed by atoms with Crippen molar-refractivity contribution in [3.8, 4) is 0 Å². The summed E-state index contributed by atoms with van der Waals surface area (Å²) in [5.41, 5.74) is 0. The van der Waals surface area contributed by atoms with Crippen LogP contribution in [-0.2, 0) is 14.3 Å². The van der Waals surface area contributed by atoms with E-state index >= 15 is 0 Å². The van der Waals surface area contributed by atoms with Crippen molar-refractivity contribution >= 4 is 44.1 Å². The number of rotatable bonds is 2. The molecule has 1 aliphatic rings. The Hall–Kier alpha value is -0.920. The first-order chi connectivity index (χ1) is 7.58. The van der Waals surface area contributed by atoms with E-state index in [9.17, 15) is 9.59 Å². The largest absolute Gasteiger partial charge is 0.479 e. The van der Waals surface area contributed by atoms with Gasteiger partial charge in [0.25, 0.3) is 5.91 Å². The first kappa shape index (κ1) is 11.6. The number of hydrogen-bond donors (Lipinski definition) is 1. The zero-order valence-corrected chi connectivity index (χ0v) is 10.5. The third-order valence-corrected chi connectivity index (χ3v) is 3.80. The fourth-order valence-corrected chi connectivity index (χ4v) is 2.77. The molecular weight excluding hydrogens is 298 g/mol. The van der Waals surface area contributed by atoms with E-state index in [1.807, 2.05) is 6.07 Å². The molecule has 1 aromatic heterocycles. The van der Waals surface area contributed by atoms with Gasteiger partial charge in [0, 0.05) is 0 Å². The topological polar surface area (TPSA) is 66.8 Å². The molecule has 86 valence electrons. The molecular formula is C9H8BrNO4S. The summed E-state index contributed by atoms with van der Waals surface area (Å²) in [5.74, 6) is -1.26. The number of carboxylic acids is 1. The highest BCUT2D eigenvalue weighted by Gasteiger charge is 2.32. The summed E-state index contributed by atoms with van der Waals surface area (Å²) in [5, 5.41) is 9.55. The molecule has 1 amide bonds. The average molecular weight is 306 g/mol. The first-order valence-corrected chi connectivity index (χ1v) is 6.09. The van der Waals surface area contributed by atoms with Crippen molar-refractivity contribution in [2.24, 2.45) is 0 Å². The lowest BCUT2D eigenvalue weighted by atomic mass is 10.3. The molecule has 5 nitrogen and oxygen atoms in total. The number of morpholine rings is 1. The van der Waals surface area contributed by atoms with Crippen LogP contribution >= 0.6 is 27.3 Å². The molecule has 1 saturated heterocycles. The molecule has 7 heteroatoms. The number of carbonyl (C=O) groups excluding carboxylic acids is 1.